The number of thioether (sulfide) groups is 1. The first-order valence-electron chi connectivity index (χ1n) is 8.05. The van der Waals surface area contributed by atoms with Gasteiger partial charge in [-0.1, -0.05) is 25.1 Å². The molecular formula is C19H23NOS. The summed E-state index contributed by atoms with van der Waals surface area (Å²) in [6, 6.07) is 16.3. The molecule has 0 radical (unpaired) electrons. The first-order valence-corrected chi connectivity index (χ1v) is 8.93. The van der Waals surface area contributed by atoms with Crippen LogP contribution in [0, 0.1) is 0 Å². The van der Waals surface area contributed by atoms with Crippen molar-refractivity contribution in [1.29, 1.82) is 0 Å². The van der Waals surface area contributed by atoms with Crippen LogP contribution in [0.25, 0.3) is 0 Å². The Kier molecular flexibility index (Phi) is 4.94. The Morgan fingerprint density at radius 1 is 1.05 bits per heavy atom. The molecule has 2 aromatic carbocycles. The lowest BCUT2D eigenvalue weighted by Gasteiger charge is -2.34. The average Bonchev–Trinajstić information content (AvgIpc) is 2.58. The number of para-hydroxylation sites is 1. The van der Waals surface area contributed by atoms with Crippen molar-refractivity contribution in [2.24, 2.45) is 0 Å². The van der Waals surface area contributed by atoms with Crippen molar-refractivity contribution < 1.29 is 5.11 Å². The van der Waals surface area contributed by atoms with Crippen LogP contribution >= 0.6 is 11.8 Å². The minimum Gasteiger partial charge on any atom is -0.508 e. The summed E-state index contributed by atoms with van der Waals surface area (Å²) in [5.74, 6) is 0.343. The van der Waals surface area contributed by atoms with Gasteiger partial charge in [-0.15, -0.1) is 11.8 Å². The summed E-state index contributed by atoms with van der Waals surface area (Å²) in [4.78, 5) is 3.79. The highest BCUT2D eigenvalue weighted by molar-refractivity contribution is 8.00. The Labute approximate surface area is 137 Å². The second-order valence-corrected chi connectivity index (χ2v) is 7.15. The van der Waals surface area contributed by atoms with E-state index in [-0.39, 0.29) is 0 Å². The third kappa shape index (κ3) is 3.58. The number of hydrogen-bond acceptors (Lipinski definition) is 3. The standard InChI is InChI=1S/C19H23NOS/c1-2-15-5-3-4-6-19(15)20-13-11-18(12-14-20)22-17-9-7-16(21)8-10-17/h3-10,18,21H,2,11-14H2,1H3. The second kappa shape index (κ2) is 7.10. The summed E-state index contributed by atoms with van der Waals surface area (Å²) >= 11 is 1.94. The number of aromatic hydroxyl groups is 1. The monoisotopic (exact) mass is 313 g/mol. The molecule has 1 fully saturated rings. The number of aryl methyl sites for hydroxylation is 1. The van der Waals surface area contributed by atoms with E-state index >= 15 is 0 Å². The third-order valence-electron chi connectivity index (χ3n) is 4.29. The average molecular weight is 313 g/mol. The molecule has 0 saturated carbocycles. The molecule has 22 heavy (non-hydrogen) atoms. The van der Waals surface area contributed by atoms with Crippen molar-refractivity contribution in [3.8, 4) is 5.75 Å². The van der Waals surface area contributed by atoms with E-state index in [4.69, 9.17) is 0 Å². The zero-order valence-electron chi connectivity index (χ0n) is 13.0. The van der Waals surface area contributed by atoms with Gasteiger partial charge in [0, 0.05) is 28.9 Å². The Balaban J connectivity index is 1.59. The number of rotatable bonds is 4. The number of piperidine rings is 1. The van der Waals surface area contributed by atoms with E-state index in [1.165, 1.54) is 29.0 Å². The smallest absolute Gasteiger partial charge is 0.115 e. The van der Waals surface area contributed by atoms with Crippen molar-refractivity contribution in [2.75, 3.05) is 18.0 Å². The lowest BCUT2D eigenvalue weighted by Crippen LogP contribution is -2.35. The fraction of sp³-hybridized carbons (Fsp3) is 0.368. The molecule has 1 saturated heterocycles. The molecule has 1 aliphatic heterocycles. The van der Waals surface area contributed by atoms with E-state index in [0.717, 1.165) is 19.5 Å². The van der Waals surface area contributed by atoms with E-state index in [2.05, 4.69) is 36.1 Å². The number of nitrogens with zero attached hydrogens (tertiary/aromatic N) is 1. The summed E-state index contributed by atoms with van der Waals surface area (Å²) in [7, 11) is 0. The maximum atomic E-state index is 9.36. The topological polar surface area (TPSA) is 23.5 Å². The van der Waals surface area contributed by atoms with Crippen LogP contribution in [0.4, 0.5) is 5.69 Å². The SMILES string of the molecule is CCc1ccccc1N1CCC(Sc2ccc(O)cc2)CC1. The summed E-state index contributed by atoms with van der Waals surface area (Å²) < 4.78 is 0. The molecule has 0 aliphatic carbocycles. The predicted octanol–water partition coefficient (Wildman–Crippen LogP) is 4.72. The molecule has 116 valence electrons. The van der Waals surface area contributed by atoms with Gasteiger partial charge in [-0.05, 0) is 55.2 Å². The predicted molar refractivity (Wildman–Crippen MR) is 95.0 cm³/mol. The van der Waals surface area contributed by atoms with Gasteiger partial charge < -0.3 is 10.0 Å². The van der Waals surface area contributed by atoms with Crippen LogP contribution in [0.3, 0.4) is 0 Å². The highest BCUT2D eigenvalue weighted by Gasteiger charge is 2.21. The van der Waals surface area contributed by atoms with Gasteiger partial charge in [0.2, 0.25) is 0 Å². The molecule has 0 amide bonds. The first kappa shape index (κ1) is 15.3. The number of hydrogen-bond donors (Lipinski definition) is 1. The van der Waals surface area contributed by atoms with E-state index in [1.807, 2.05) is 23.9 Å². The Bertz CT molecular complexity index is 603. The maximum Gasteiger partial charge on any atom is 0.115 e. The van der Waals surface area contributed by atoms with Crippen molar-refractivity contribution in [3.05, 3.63) is 54.1 Å². The first-order chi connectivity index (χ1) is 10.8. The molecule has 1 N–H and O–H groups in total. The summed E-state index contributed by atoms with van der Waals surface area (Å²) in [6.07, 6.45) is 3.52. The largest absolute Gasteiger partial charge is 0.508 e. The van der Waals surface area contributed by atoms with Crippen molar-refractivity contribution in [3.63, 3.8) is 0 Å². The fourth-order valence-corrected chi connectivity index (χ4v) is 4.17. The van der Waals surface area contributed by atoms with Gasteiger partial charge in [0.05, 0.1) is 0 Å². The van der Waals surface area contributed by atoms with E-state index < -0.39 is 0 Å². The van der Waals surface area contributed by atoms with Gasteiger partial charge in [-0.2, -0.15) is 0 Å². The third-order valence-corrected chi connectivity index (χ3v) is 5.64. The highest BCUT2D eigenvalue weighted by Crippen LogP contribution is 2.33. The zero-order chi connectivity index (χ0) is 15.4. The molecule has 0 aromatic heterocycles. The van der Waals surface area contributed by atoms with Gasteiger partial charge in [0.15, 0.2) is 0 Å². The summed E-state index contributed by atoms with van der Waals surface area (Å²) in [5.41, 5.74) is 2.87. The molecule has 1 aliphatic rings. The van der Waals surface area contributed by atoms with Crippen LogP contribution in [0.5, 0.6) is 5.75 Å². The number of phenols is 1. The highest BCUT2D eigenvalue weighted by atomic mass is 32.2. The molecule has 0 atom stereocenters. The van der Waals surface area contributed by atoms with Gasteiger partial charge in [0.25, 0.3) is 0 Å². The molecular weight excluding hydrogens is 290 g/mol. The molecule has 2 aromatic rings. The van der Waals surface area contributed by atoms with Crippen LogP contribution in [0.2, 0.25) is 0 Å². The van der Waals surface area contributed by atoms with E-state index in [9.17, 15) is 5.11 Å². The van der Waals surface area contributed by atoms with E-state index in [1.54, 1.807) is 12.1 Å². The zero-order valence-corrected chi connectivity index (χ0v) is 13.9. The van der Waals surface area contributed by atoms with Crippen molar-refractivity contribution in [1.82, 2.24) is 0 Å². The van der Waals surface area contributed by atoms with Gasteiger partial charge in [0.1, 0.15) is 5.75 Å². The molecule has 1 heterocycles. The lowest BCUT2D eigenvalue weighted by atomic mass is 10.1. The fourth-order valence-electron chi connectivity index (χ4n) is 3.05. The minimum absolute atomic E-state index is 0.343. The number of anilines is 1. The summed E-state index contributed by atoms with van der Waals surface area (Å²) in [5, 5.41) is 10.0. The quantitative estimate of drug-likeness (QED) is 0.884. The summed E-state index contributed by atoms with van der Waals surface area (Å²) in [6.45, 7) is 4.49. The number of benzene rings is 2. The second-order valence-electron chi connectivity index (χ2n) is 5.78. The van der Waals surface area contributed by atoms with Crippen LogP contribution < -0.4 is 4.90 Å². The Morgan fingerprint density at radius 3 is 2.41 bits per heavy atom. The maximum absolute atomic E-state index is 9.36. The molecule has 2 nitrogen and oxygen atoms in total. The normalized spacial score (nSPS) is 16.0. The van der Waals surface area contributed by atoms with Gasteiger partial charge >= 0.3 is 0 Å². The Morgan fingerprint density at radius 2 is 1.73 bits per heavy atom. The van der Waals surface area contributed by atoms with Crippen molar-refractivity contribution >= 4 is 17.4 Å². The molecule has 0 unspecified atom stereocenters. The molecule has 0 spiro atoms. The molecule has 0 bridgehead atoms. The minimum atomic E-state index is 0.343. The van der Waals surface area contributed by atoms with Gasteiger partial charge in [-0.3, -0.25) is 0 Å². The van der Waals surface area contributed by atoms with E-state index in [0.29, 0.717) is 11.0 Å². The Hall–Kier alpha value is -1.61. The molecule has 3 heteroatoms. The van der Waals surface area contributed by atoms with Crippen LogP contribution in [-0.2, 0) is 6.42 Å². The van der Waals surface area contributed by atoms with Gasteiger partial charge in [-0.25, -0.2) is 0 Å². The van der Waals surface area contributed by atoms with Crippen LogP contribution in [0.1, 0.15) is 25.3 Å². The van der Waals surface area contributed by atoms with Crippen LogP contribution in [0.15, 0.2) is 53.4 Å². The molecule has 3 rings (SSSR count). The van der Waals surface area contributed by atoms with Crippen LogP contribution in [-0.4, -0.2) is 23.4 Å². The lowest BCUT2D eigenvalue weighted by molar-refractivity contribution is 0.475. The van der Waals surface area contributed by atoms with Crippen molar-refractivity contribution in [2.45, 2.75) is 36.3 Å². The number of phenolic OH excluding ortho intramolecular Hbond substituents is 1.